The molecule has 3 heteroatoms. The lowest BCUT2D eigenvalue weighted by Gasteiger charge is -2.42. The fraction of sp³-hybridized carbons (Fsp3) is 1.00. The van der Waals surface area contributed by atoms with E-state index in [1.807, 2.05) is 0 Å². The molecular weight excluding hydrogens is 240 g/mol. The number of hydrogen-bond acceptors (Lipinski definition) is 3. The first-order valence-corrected chi connectivity index (χ1v) is 8.35. The topological polar surface area (TPSA) is 15.3 Å². The average molecular weight is 273 g/mol. The van der Waals surface area contributed by atoms with E-state index in [1.54, 1.807) is 0 Å². The highest BCUT2D eigenvalue weighted by Gasteiger charge is 2.31. The summed E-state index contributed by atoms with van der Waals surface area (Å²) in [6.45, 7) is 17.4. The van der Waals surface area contributed by atoms with Crippen molar-refractivity contribution in [2.45, 2.75) is 70.7 Å². The Morgan fingerprint density at radius 2 is 2.00 bits per heavy atom. The van der Waals surface area contributed by atoms with Crippen LogP contribution < -0.4 is 5.32 Å². The molecule has 0 aromatic heterocycles. The van der Waals surface area contributed by atoms with Gasteiger partial charge in [0.15, 0.2) is 0 Å². The van der Waals surface area contributed by atoms with Gasteiger partial charge < -0.3 is 5.32 Å². The summed E-state index contributed by atoms with van der Waals surface area (Å²) in [7, 11) is 0. The zero-order valence-corrected chi connectivity index (χ0v) is 14.0. The molecule has 1 aliphatic heterocycles. The van der Waals surface area contributed by atoms with E-state index in [0.717, 1.165) is 6.54 Å². The van der Waals surface area contributed by atoms with E-state index in [-0.39, 0.29) is 5.54 Å². The van der Waals surface area contributed by atoms with Crippen LogP contribution in [0.1, 0.15) is 54.4 Å². The van der Waals surface area contributed by atoms with Gasteiger partial charge in [0.25, 0.3) is 0 Å². The molecule has 1 unspecified atom stereocenters. The van der Waals surface area contributed by atoms with Crippen LogP contribution in [-0.4, -0.2) is 46.6 Å². The summed E-state index contributed by atoms with van der Waals surface area (Å²) in [5, 5.41) is 3.68. The number of nitrogens with zero attached hydrogens (tertiary/aromatic N) is 1. The fourth-order valence-electron chi connectivity index (χ4n) is 2.54. The van der Waals surface area contributed by atoms with Crippen molar-refractivity contribution in [2.24, 2.45) is 0 Å². The van der Waals surface area contributed by atoms with Crippen molar-refractivity contribution in [2.75, 3.05) is 25.4 Å². The summed E-state index contributed by atoms with van der Waals surface area (Å²) in [5.74, 6) is 1.28. The van der Waals surface area contributed by atoms with Gasteiger partial charge >= 0.3 is 0 Å². The third kappa shape index (κ3) is 5.94. The first-order valence-electron chi connectivity index (χ1n) is 7.36. The lowest BCUT2D eigenvalue weighted by molar-refractivity contribution is 0.165. The number of nitrogens with one attached hydrogen (secondary N) is 1. The maximum atomic E-state index is 3.68. The Morgan fingerprint density at radius 3 is 2.50 bits per heavy atom. The molecule has 0 spiro atoms. The van der Waals surface area contributed by atoms with Crippen molar-refractivity contribution in [1.82, 2.24) is 10.2 Å². The quantitative estimate of drug-likeness (QED) is 0.826. The summed E-state index contributed by atoms with van der Waals surface area (Å²) in [6, 6.07) is 0.703. The highest BCUT2D eigenvalue weighted by molar-refractivity contribution is 8.00. The molecular formula is C15H32N2S. The van der Waals surface area contributed by atoms with E-state index in [4.69, 9.17) is 0 Å². The summed E-state index contributed by atoms with van der Waals surface area (Å²) in [5.41, 5.74) is 0.228. The molecule has 0 aliphatic carbocycles. The second kappa shape index (κ2) is 6.62. The smallest absolute Gasteiger partial charge is 0.0231 e. The molecule has 0 bridgehead atoms. The second-order valence-electron chi connectivity index (χ2n) is 7.15. The minimum Gasteiger partial charge on any atom is -0.311 e. The molecule has 1 rings (SSSR count). The van der Waals surface area contributed by atoms with Crippen LogP contribution in [0.5, 0.6) is 0 Å². The van der Waals surface area contributed by atoms with Gasteiger partial charge in [0, 0.05) is 41.7 Å². The normalized spacial score (nSPS) is 23.0. The molecule has 0 saturated carbocycles. The van der Waals surface area contributed by atoms with E-state index < -0.39 is 0 Å². The SMILES string of the molecule is CCCC(CNC(C)(C)C)N1CCSC(C)(C)C1. The predicted octanol–water partition coefficient (Wildman–Crippen LogP) is 3.37. The van der Waals surface area contributed by atoms with Gasteiger partial charge in [-0.1, -0.05) is 13.3 Å². The maximum absolute atomic E-state index is 3.68. The van der Waals surface area contributed by atoms with Crippen LogP contribution in [0.4, 0.5) is 0 Å². The largest absolute Gasteiger partial charge is 0.311 e. The van der Waals surface area contributed by atoms with Crippen LogP contribution >= 0.6 is 11.8 Å². The molecule has 1 N–H and O–H groups in total. The van der Waals surface area contributed by atoms with Gasteiger partial charge in [0.05, 0.1) is 0 Å². The zero-order valence-electron chi connectivity index (χ0n) is 13.2. The summed E-state index contributed by atoms with van der Waals surface area (Å²) in [4.78, 5) is 2.71. The average Bonchev–Trinajstić information content (AvgIpc) is 2.21. The second-order valence-corrected chi connectivity index (χ2v) is 8.95. The molecule has 2 nitrogen and oxygen atoms in total. The monoisotopic (exact) mass is 272 g/mol. The van der Waals surface area contributed by atoms with Gasteiger partial charge in [0.2, 0.25) is 0 Å². The van der Waals surface area contributed by atoms with E-state index in [1.165, 1.54) is 31.7 Å². The Bertz CT molecular complexity index is 245. The standard InChI is InChI=1S/C15H32N2S/c1-7-8-13(11-16-14(2,3)4)17-9-10-18-15(5,6)12-17/h13,16H,7-12H2,1-6H3. The summed E-state index contributed by atoms with van der Waals surface area (Å²) >= 11 is 2.12. The molecule has 0 amide bonds. The number of rotatable bonds is 5. The molecule has 0 aromatic rings. The minimum absolute atomic E-state index is 0.228. The van der Waals surface area contributed by atoms with Gasteiger partial charge in [0.1, 0.15) is 0 Å². The van der Waals surface area contributed by atoms with E-state index in [2.05, 4.69) is 63.5 Å². The Morgan fingerprint density at radius 1 is 1.33 bits per heavy atom. The summed E-state index contributed by atoms with van der Waals surface area (Å²) < 4.78 is 0.423. The third-order valence-electron chi connectivity index (χ3n) is 3.46. The lowest BCUT2D eigenvalue weighted by Crippen LogP contribution is -2.53. The van der Waals surface area contributed by atoms with Gasteiger partial charge in [-0.15, -0.1) is 0 Å². The lowest BCUT2D eigenvalue weighted by atomic mass is 10.0. The highest BCUT2D eigenvalue weighted by atomic mass is 32.2. The van der Waals surface area contributed by atoms with E-state index in [9.17, 15) is 0 Å². The van der Waals surface area contributed by atoms with Crippen molar-refractivity contribution in [3.63, 3.8) is 0 Å². The van der Waals surface area contributed by atoms with Crippen LogP contribution in [0.2, 0.25) is 0 Å². The van der Waals surface area contributed by atoms with Gasteiger partial charge in [-0.05, 0) is 41.0 Å². The molecule has 1 atom stereocenters. The van der Waals surface area contributed by atoms with Gasteiger partial charge in [-0.3, -0.25) is 4.90 Å². The van der Waals surface area contributed by atoms with Crippen molar-refractivity contribution in [3.8, 4) is 0 Å². The third-order valence-corrected chi connectivity index (χ3v) is 4.76. The molecule has 108 valence electrons. The Balaban J connectivity index is 2.55. The Hall–Kier alpha value is 0.270. The Kier molecular flexibility index (Phi) is 6.01. The van der Waals surface area contributed by atoms with Crippen LogP contribution in [0, 0.1) is 0 Å². The van der Waals surface area contributed by atoms with E-state index in [0.29, 0.717) is 10.8 Å². The zero-order chi connectivity index (χ0) is 13.8. The maximum Gasteiger partial charge on any atom is 0.0231 e. The van der Waals surface area contributed by atoms with Crippen molar-refractivity contribution in [3.05, 3.63) is 0 Å². The number of hydrogen-bond donors (Lipinski definition) is 1. The fourth-order valence-corrected chi connectivity index (χ4v) is 3.67. The van der Waals surface area contributed by atoms with E-state index >= 15 is 0 Å². The predicted molar refractivity (Wildman–Crippen MR) is 84.6 cm³/mol. The minimum atomic E-state index is 0.228. The summed E-state index contributed by atoms with van der Waals surface area (Å²) in [6.07, 6.45) is 2.59. The molecule has 18 heavy (non-hydrogen) atoms. The number of thioether (sulfide) groups is 1. The van der Waals surface area contributed by atoms with Crippen LogP contribution in [0.25, 0.3) is 0 Å². The molecule has 1 saturated heterocycles. The van der Waals surface area contributed by atoms with Crippen LogP contribution in [0.15, 0.2) is 0 Å². The van der Waals surface area contributed by atoms with Gasteiger partial charge in [-0.2, -0.15) is 11.8 Å². The van der Waals surface area contributed by atoms with Crippen LogP contribution in [-0.2, 0) is 0 Å². The first kappa shape index (κ1) is 16.3. The highest BCUT2D eigenvalue weighted by Crippen LogP contribution is 2.31. The van der Waals surface area contributed by atoms with Crippen molar-refractivity contribution >= 4 is 11.8 Å². The molecule has 1 aliphatic rings. The van der Waals surface area contributed by atoms with Crippen molar-refractivity contribution < 1.29 is 0 Å². The Labute approximate surface area is 118 Å². The molecule has 1 heterocycles. The molecule has 0 radical (unpaired) electrons. The molecule has 1 fully saturated rings. The molecule has 0 aromatic carbocycles. The van der Waals surface area contributed by atoms with Crippen LogP contribution in [0.3, 0.4) is 0 Å². The first-order chi connectivity index (χ1) is 8.23. The van der Waals surface area contributed by atoms with Gasteiger partial charge in [-0.25, -0.2) is 0 Å². The van der Waals surface area contributed by atoms with Crippen molar-refractivity contribution in [1.29, 1.82) is 0 Å².